The van der Waals surface area contributed by atoms with E-state index >= 15 is 0 Å². The largest absolute Gasteiger partial charge is 0.469 e. The summed E-state index contributed by atoms with van der Waals surface area (Å²) in [6.07, 6.45) is 14.6. The van der Waals surface area contributed by atoms with E-state index in [0.717, 1.165) is 19.3 Å². The molecule has 9 N–H and O–H groups in total. The second-order valence-corrected chi connectivity index (χ2v) is 9.04. The van der Waals surface area contributed by atoms with Gasteiger partial charge in [0.2, 0.25) is 0 Å². The zero-order chi connectivity index (χ0) is 24.0. The predicted molar refractivity (Wildman–Crippen MR) is 121 cm³/mol. The van der Waals surface area contributed by atoms with E-state index in [1.807, 2.05) is 0 Å². The zero-order valence-corrected chi connectivity index (χ0v) is 20.0. The highest BCUT2D eigenvalue weighted by molar-refractivity contribution is 7.46. The van der Waals surface area contributed by atoms with Crippen LogP contribution in [-0.2, 0) is 9.09 Å². The van der Waals surface area contributed by atoms with Crippen LogP contribution in [0.1, 0.15) is 96.8 Å². The van der Waals surface area contributed by atoms with Crippen molar-refractivity contribution in [1.82, 2.24) is 5.32 Å². The van der Waals surface area contributed by atoms with E-state index in [2.05, 4.69) is 16.8 Å². The normalized spacial score (nSPS) is 13.0. The van der Waals surface area contributed by atoms with Gasteiger partial charge in [0.25, 0.3) is 5.97 Å². The van der Waals surface area contributed by atoms with Gasteiger partial charge in [0.15, 0.2) is 0 Å². The maximum atomic E-state index is 10.4. The van der Waals surface area contributed by atoms with Crippen molar-refractivity contribution in [2.75, 3.05) is 19.7 Å². The van der Waals surface area contributed by atoms with Crippen LogP contribution in [0, 0.1) is 0 Å². The van der Waals surface area contributed by atoms with Gasteiger partial charge in [-0.2, -0.15) is 0 Å². The van der Waals surface area contributed by atoms with Gasteiger partial charge < -0.3 is 35.9 Å². The van der Waals surface area contributed by atoms with Gasteiger partial charge in [-0.3, -0.25) is 9.84 Å². The van der Waals surface area contributed by atoms with Gasteiger partial charge in [0, 0.05) is 13.1 Å². The van der Waals surface area contributed by atoms with Gasteiger partial charge in [-0.1, -0.05) is 84.0 Å². The fourth-order valence-electron chi connectivity index (χ4n) is 2.88. The van der Waals surface area contributed by atoms with Crippen molar-refractivity contribution in [3.05, 3.63) is 0 Å². The minimum absolute atomic E-state index is 0.169. The summed E-state index contributed by atoms with van der Waals surface area (Å²) in [5.74, 6) is -2.83. The maximum absolute atomic E-state index is 10.4. The first kappa shape index (κ1) is 33.0. The molecule has 10 nitrogen and oxygen atoms in total. The molecule has 0 aliphatic carbocycles. The van der Waals surface area contributed by atoms with Crippen molar-refractivity contribution in [3.63, 3.8) is 0 Å². The lowest BCUT2D eigenvalue weighted by Crippen LogP contribution is -2.41. The molecule has 1 atom stereocenters. The quantitative estimate of drug-likeness (QED) is 0.0737. The van der Waals surface area contributed by atoms with Crippen molar-refractivity contribution in [2.24, 2.45) is 5.73 Å². The Kier molecular flexibility index (Phi) is 23.1. The number of nitrogens with one attached hydrogen (secondary N) is 1. The van der Waals surface area contributed by atoms with E-state index in [-0.39, 0.29) is 6.61 Å². The van der Waals surface area contributed by atoms with Gasteiger partial charge in [-0.25, -0.2) is 4.57 Å². The summed E-state index contributed by atoms with van der Waals surface area (Å²) in [7, 11) is -4.25. The average Bonchev–Trinajstić information content (AvgIpc) is 2.65. The summed E-state index contributed by atoms with van der Waals surface area (Å²) in [5.41, 5.74) is 5.08. The van der Waals surface area contributed by atoms with Crippen LogP contribution in [0.5, 0.6) is 0 Å². The molecule has 0 aliphatic heterocycles. The third-order valence-electron chi connectivity index (χ3n) is 4.50. The summed E-state index contributed by atoms with van der Waals surface area (Å²) in [6.45, 7) is 3.09. The SMILES string of the molecule is CCCCCCCCCCCCCCCOP(=O)(O)O.NCCNC(O)CC(O)(O)O. The Bertz CT molecular complexity index is 418. The van der Waals surface area contributed by atoms with E-state index in [0.29, 0.717) is 13.1 Å². The van der Waals surface area contributed by atoms with E-state index in [4.69, 9.17) is 35.9 Å². The second kappa shape index (κ2) is 21.7. The minimum Gasteiger partial charge on any atom is -0.378 e. The van der Waals surface area contributed by atoms with Crippen LogP contribution < -0.4 is 11.1 Å². The summed E-state index contributed by atoms with van der Waals surface area (Å²) < 4.78 is 14.8. The van der Waals surface area contributed by atoms with Crippen LogP contribution in [0.15, 0.2) is 0 Å². The topological polar surface area (TPSA) is 186 Å². The van der Waals surface area contributed by atoms with Crippen LogP contribution >= 0.6 is 7.82 Å². The molecule has 190 valence electrons. The number of nitrogens with two attached hydrogens (primary N) is 1. The highest BCUT2D eigenvalue weighted by atomic mass is 31.2. The van der Waals surface area contributed by atoms with Crippen LogP contribution in [-0.4, -0.2) is 62.1 Å². The Morgan fingerprint density at radius 1 is 0.871 bits per heavy atom. The van der Waals surface area contributed by atoms with Crippen molar-refractivity contribution in [3.8, 4) is 0 Å². The first-order valence-electron chi connectivity index (χ1n) is 11.5. The maximum Gasteiger partial charge on any atom is 0.469 e. The fraction of sp³-hybridized carbons (Fsp3) is 1.00. The summed E-state index contributed by atoms with van der Waals surface area (Å²) in [4.78, 5) is 17.0. The Labute approximate surface area is 187 Å². The number of hydrogen-bond acceptors (Lipinski definition) is 8. The van der Waals surface area contributed by atoms with Gasteiger partial charge >= 0.3 is 7.82 Å². The molecule has 0 bridgehead atoms. The van der Waals surface area contributed by atoms with E-state index in [1.165, 1.54) is 64.2 Å². The van der Waals surface area contributed by atoms with Gasteiger partial charge in [0.05, 0.1) is 13.0 Å². The lowest BCUT2D eigenvalue weighted by Gasteiger charge is -2.18. The molecule has 1 unspecified atom stereocenters. The molecule has 0 saturated heterocycles. The van der Waals surface area contributed by atoms with Crippen LogP contribution in [0.4, 0.5) is 0 Å². The Morgan fingerprint density at radius 2 is 1.29 bits per heavy atom. The fourth-order valence-corrected chi connectivity index (χ4v) is 3.25. The number of aliphatic hydroxyl groups is 4. The highest BCUT2D eigenvalue weighted by Gasteiger charge is 2.22. The van der Waals surface area contributed by atoms with Crippen LogP contribution in [0.2, 0.25) is 0 Å². The Morgan fingerprint density at radius 3 is 1.65 bits per heavy atom. The number of unbranched alkanes of at least 4 members (excludes halogenated alkanes) is 12. The van der Waals surface area contributed by atoms with E-state index in [1.54, 1.807) is 0 Å². The van der Waals surface area contributed by atoms with E-state index < -0.39 is 26.4 Å². The first-order valence-corrected chi connectivity index (χ1v) is 13.0. The van der Waals surface area contributed by atoms with Gasteiger partial charge in [0.1, 0.15) is 6.23 Å². The number of phosphoric ester groups is 1. The van der Waals surface area contributed by atoms with Crippen LogP contribution in [0.25, 0.3) is 0 Å². The monoisotopic (exact) mass is 474 g/mol. The molecule has 31 heavy (non-hydrogen) atoms. The molecule has 0 heterocycles. The third-order valence-corrected chi connectivity index (χ3v) is 5.02. The molecule has 0 radical (unpaired) electrons. The first-order chi connectivity index (χ1) is 14.5. The molecule has 0 aliphatic rings. The van der Waals surface area contributed by atoms with Gasteiger partial charge in [-0.15, -0.1) is 0 Å². The molecule has 0 saturated carbocycles. The van der Waals surface area contributed by atoms with E-state index in [9.17, 15) is 4.57 Å². The molecule has 0 fully saturated rings. The predicted octanol–water partition coefficient (Wildman–Crippen LogP) is 2.06. The number of rotatable bonds is 20. The van der Waals surface area contributed by atoms with Crippen molar-refractivity contribution < 1.29 is 39.3 Å². The molecule has 0 aromatic heterocycles. The highest BCUT2D eigenvalue weighted by Crippen LogP contribution is 2.35. The molecule has 11 heteroatoms. The minimum atomic E-state index is -4.25. The van der Waals surface area contributed by atoms with Crippen molar-refractivity contribution in [1.29, 1.82) is 0 Å². The Balaban J connectivity index is 0. The molecule has 0 aromatic rings. The third kappa shape index (κ3) is 34.7. The number of aliphatic hydroxyl groups excluding tert-OH is 1. The van der Waals surface area contributed by atoms with Crippen molar-refractivity contribution in [2.45, 2.75) is 109 Å². The molecule has 0 aromatic carbocycles. The van der Waals surface area contributed by atoms with Crippen LogP contribution in [0.3, 0.4) is 0 Å². The molecule has 0 rings (SSSR count). The lowest BCUT2D eigenvalue weighted by atomic mass is 10.0. The number of hydrogen-bond donors (Lipinski definition) is 8. The molecular weight excluding hydrogens is 427 g/mol. The summed E-state index contributed by atoms with van der Waals surface area (Å²) in [6, 6.07) is 0. The second-order valence-electron chi connectivity index (χ2n) is 7.80. The standard InChI is InChI=1S/C15H33O4P.C5H14N2O4/c1-2-3-4-5-6-7-8-9-10-11-12-13-14-15-19-20(16,17)18;6-1-2-7-4(8)3-5(9,10)11/h2-15H2,1H3,(H2,16,17,18);4,7-11H,1-3,6H2. The summed E-state index contributed by atoms with van der Waals surface area (Å²) >= 11 is 0. The zero-order valence-electron chi connectivity index (χ0n) is 19.1. The molecule has 0 spiro atoms. The Hall–Kier alpha value is -0.130. The lowest BCUT2D eigenvalue weighted by molar-refractivity contribution is -0.323. The molecule has 0 amide bonds. The summed E-state index contributed by atoms with van der Waals surface area (Å²) in [5, 5.41) is 36.4. The molecular formula is C20H47N2O8P. The number of phosphoric acid groups is 1. The average molecular weight is 475 g/mol. The smallest absolute Gasteiger partial charge is 0.378 e. The van der Waals surface area contributed by atoms with Crippen molar-refractivity contribution >= 4 is 7.82 Å². The van der Waals surface area contributed by atoms with Gasteiger partial charge in [-0.05, 0) is 6.42 Å².